The van der Waals surface area contributed by atoms with Crippen molar-refractivity contribution in [2.45, 2.75) is 52.6 Å². The van der Waals surface area contributed by atoms with E-state index in [1.807, 2.05) is 58.0 Å². The number of amides is 3. The molecule has 0 radical (unpaired) electrons. The minimum atomic E-state index is -0.764. The maximum Gasteiger partial charge on any atom is 0.244 e. The van der Waals surface area contributed by atoms with Gasteiger partial charge in [0.2, 0.25) is 17.7 Å². The first kappa shape index (κ1) is 27.7. The van der Waals surface area contributed by atoms with Gasteiger partial charge in [-0.05, 0) is 36.3 Å². The van der Waals surface area contributed by atoms with Gasteiger partial charge in [0.15, 0.2) is 5.96 Å². The molecule has 3 amide bonds. The lowest BCUT2D eigenvalue weighted by molar-refractivity contribution is -0.131. The molecule has 0 aliphatic carbocycles. The smallest absolute Gasteiger partial charge is 0.244 e. The van der Waals surface area contributed by atoms with Crippen LogP contribution >= 0.6 is 0 Å². The van der Waals surface area contributed by atoms with Crippen LogP contribution in [0, 0.1) is 17.2 Å². The number of hydrogen-bond donors (Lipinski definition) is 6. The highest BCUT2D eigenvalue weighted by Crippen LogP contribution is 2.09. The second kappa shape index (κ2) is 14.7. The molecule has 0 heterocycles. The highest BCUT2D eigenvalue weighted by atomic mass is 16.2. The Hall–Kier alpha value is -3.36. The van der Waals surface area contributed by atoms with E-state index in [2.05, 4.69) is 21.3 Å². The van der Waals surface area contributed by atoms with E-state index < -0.39 is 18.0 Å². The predicted molar refractivity (Wildman–Crippen MR) is 131 cm³/mol. The van der Waals surface area contributed by atoms with E-state index in [0.29, 0.717) is 19.4 Å². The zero-order chi connectivity index (χ0) is 24.8. The number of nitrogens with two attached hydrogens (primary N) is 1. The van der Waals surface area contributed by atoms with Crippen LogP contribution in [0.4, 0.5) is 0 Å². The quantitative estimate of drug-likeness (QED) is 0.114. The van der Waals surface area contributed by atoms with E-state index in [-0.39, 0.29) is 36.2 Å². The van der Waals surface area contributed by atoms with Gasteiger partial charge in [0, 0.05) is 19.2 Å². The Labute approximate surface area is 196 Å². The summed E-state index contributed by atoms with van der Waals surface area (Å²) >= 11 is 0. The summed E-state index contributed by atoms with van der Waals surface area (Å²) in [7, 11) is 0. The molecule has 9 heteroatoms. The van der Waals surface area contributed by atoms with Crippen LogP contribution in [0.25, 0.3) is 6.08 Å². The van der Waals surface area contributed by atoms with Gasteiger partial charge in [-0.15, -0.1) is 0 Å². The lowest BCUT2D eigenvalue weighted by Crippen LogP contribution is -2.54. The Morgan fingerprint density at radius 3 is 1.97 bits per heavy atom. The number of benzene rings is 1. The molecule has 0 bridgehead atoms. The normalized spacial score (nSPS) is 12.9. The van der Waals surface area contributed by atoms with Crippen molar-refractivity contribution in [1.82, 2.24) is 21.3 Å². The van der Waals surface area contributed by atoms with Crippen LogP contribution in [0.3, 0.4) is 0 Å². The average Bonchev–Trinajstić information content (AvgIpc) is 2.74. The lowest BCUT2D eigenvalue weighted by atomic mass is 10.00. The molecule has 7 N–H and O–H groups in total. The second-order valence-electron chi connectivity index (χ2n) is 8.76. The van der Waals surface area contributed by atoms with Gasteiger partial charge >= 0.3 is 0 Å². The largest absolute Gasteiger partial charge is 0.370 e. The number of carbonyl (C=O) groups excluding carboxylic acids is 3. The summed E-state index contributed by atoms with van der Waals surface area (Å²) in [5, 5.41) is 18.1. The Morgan fingerprint density at radius 1 is 0.879 bits per heavy atom. The molecule has 2 atom stereocenters. The van der Waals surface area contributed by atoms with Gasteiger partial charge in [-0.2, -0.15) is 0 Å². The third-order valence-corrected chi connectivity index (χ3v) is 4.65. The van der Waals surface area contributed by atoms with Crippen molar-refractivity contribution >= 4 is 29.8 Å². The van der Waals surface area contributed by atoms with Crippen LogP contribution in [-0.2, 0) is 14.4 Å². The molecule has 2 unspecified atom stereocenters. The molecule has 1 aromatic rings. The van der Waals surface area contributed by atoms with Crippen molar-refractivity contribution in [3.05, 3.63) is 42.0 Å². The van der Waals surface area contributed by atoms with Gasteiger partial charge in [-0.1, -0.05) is 58.0 Å². The van der Waals surface area contributed by atoms with Crippen molar-refractivity contribution in [2.24, 2.45) is 17.6 Å². The van der Waals surface area contributed by atoms with E-state index in [1.54, 1.807) is 6.08 Å². The van der Waals surface area contributed by atoms with Crippen LogP contribution in [0.1, 0.15) is 46.1 Å². The van der Waals surface area contributed by atoms with Crippen LogP contribution in [0.2, 0.25) is 0 Å². The Morgan fingerprint density at radius 2 is 1.42 bits per heavy atom. The molecule has 9 nitrogen and oxygen atoms in total. The zero-order valence-electron chi connectivity index (χ0n) is 20.0. The number of rotatable bonds is 13. The number of carbonyl (C=O) groups is 3. The first-order valence-electron chi connectivity index (χ1n) is 11.3. The Bertz CT molecular complexity index is 808. The van der Waals surface area contributed by atoms with Crippen LogP contribution < -0.4 is 27.0 Å². The summed E-state index contributed by atoms with van der Waals surface area (Å²) in [6, 6.07) is 7.91. The monoisotopic (exact) mass is 458 g/mol. The molecule has 182 valence electrons. The van der Waals surface area contributed by atoms with Gasteiger partial charge in [-0.25, -0.2) is 0 Å². The Kier molecular flexibility index (Phi) is 12.3. The molecule has 33 heavy (non-hydrogen) atoms. The van der Waals surface area contributed by atoms with Gasteiger partial charge in [-0.3, -0.25) is 19.8 Å². The van der Waals surface area contributed by atoms with E-state index in [4.69, 9.17) is 11.1 Å². The SMILES string of the molecule is CC(C)CC(NC(=O)/C=C/c1ccccc1)C(=O)NC(CC(C)C)C(=O)NCCNC(=N)N. The highest BCUT2D eigenvalue weighted by molar-refractivity contribution is 5.96. The number of hydrogen-bond acceptors (Lipinski definition) is 4. The van der Waals surface area contributed by atoms with E-state index in [1.165, 1.54) is 6.08 Å². The molecule has 0 aromatic heterocycles. The summed E-state index contributed by atoms with van der Waals surface area (Å²) in [6.45, 7) is 8.43. The number of nitrogens with one attached hydrogen (secondary N) is 5. The van der Waals surface area contributed by atoms with Crippen molar-refractivity contribution in [3.8, 4) is 0 Å². The van der Waals surface area contributed by atoms with Crippen LogP contribution in [-0.4, -0.2) is 48.9 Å². The molecular formula is C24H38N6O3. The fraction of sp³-hybridized carbons (Fsp3) is 0.500. The highest BCUT2D eigenvalue weighted by Gasteiger charge is 2.27. The van der Waals surface area contributed by atoms with Crippen LogP contribution in [0.5, 0.6) is 0 Å². The standard InChI is InChI=1S/C24H38N6O3/c1-16(2)14-19(22(32)27-12-13-28-24(25)26)30-23(33)20(15-17(3)4)29-21(31)11-10-18-8-6-5-7-9-18/h5-11,16-17,19-20H,12-15H2,1-4H3,(H,27,32)(H,29,31)(H,30,33)(H4,25,26,28)/b11-10+. The molecule has 0 saturated heterocycles. The summed E-state index contributed by atoms with van der Waals surface area (Å²) < 4.78 is 0. The average molecular weight is 459 g/mol. The minimum Gasteiger partial charge on any atom is -0.370 e. The summed E-state index contributed by atoms with van der Waals surface area (Å²) in [5.41, 5.74) is 6.11. The van der Waals surface area contributed by atoms with Crippen molar-refractivity contribution in [2.75, 3.05) is 13.1 Å². The molecule has 0 aliphatic heterocycles. The van der Waals surface area contributed by atoms with Gasteiger partial charge in [0.05, 0.1) is 0 Å². The van der Waals surface area contributed by atoms with Gasteiger partial charge < -0.3 is 27.0 Å². The van der Waals surface area contributed by atoms with Gasteiger partial charge in [0.25, 0.3) is 0 Å². The summed E-state index contributed by atoms with van der Waals surface area (Å²) in [5.74, 6) is -0.934. The summed E-state index contributed by atoms with van der Waals surface area (Å²) in [6.07, 6.45) is 3.98. The maximum absolute atomic E-state index is 13.0. The van der Waals surface area contributed by atoms with Crippen molar-refractivity contribution in [3.63, 3.8) is 0 Å². The predicted octanol–water partition coefficient (Wildman–Crippen LogP) is 1.36. The molecule has 1 aromatic carbocycles. The first-order valence-corrected chi connectivity index (χ1v) is 11.3. The molecule has 0 saturated carbocycles. The van der Waals surface area contributed by atoms with Crippen LogP contribution in [0.15, 0.2) is 36.4 Å². The molecular weight excluding hydrogens is 420 g/mol. The topological polar surface area (TPSA) is 149 Å². The molecule has 0 spiro atoms. The van der Waals surface area contributed by atoms with E-state index in [9.17, 15) is 14.4 Å². The third kappa shape index (κ3) is 12.3. The molecule has 0 fully saturated rings. The molecule has 1 rings (SSSR count). The van der Waals surface area contributed by atoms with Gasteiger partial charge in [0.1, 0.15) is 12.1 Å². The lowest BCUT2D eigenvalue weighted by Gasteiger charge is -2.25. The fourth-order valence-electron chi connectivity index (χ4n) is 3.14. The summed E-state index contributed by atoms with van der Waals surface area (Å²) in [4.78, 5) is 38.1. The third-order valence-electron chi connectivity index (χ3n) is 4.65. The first-order chi connectivity index (χ1) is 15.6. The van der Waals surface area contributed by atoms with E-state index >= 15 is 0 Å². The minimum absolute atomic E-state index is 0.161. The van der Waals surface area contributed by atoms with Crippen molar-refractivity contribution in [1.29, 1.82) is 5.41 Å². The number of guanidine groups is 1. The maximum atomic E-state index is 13.0. The zero-order valence-corrected chi connectivity index (χ0v) is 20.0. The molecule has 0 aliphatic rings. The Balaban J connectivity index is 2.79. The van der Waals surface area contributed by atoms with E-state index in [0.717, 1.165) is 5.56 Å². The second-order valence-corrected chi connectivity index (χ2v) is 8.76. The van der Waals surface area contributed by atoms with Crippen molar-refractivity contribution < 1.29 is 14.4 Å². The fourth-order valence-corrected chi connectivity index (χ4v) is 3.14.